The molecule has 86 valence electrons. The predicted molar refractivity (Wildman–Crippen MR) is 65.5 cm³/mol. The van der Waals surface area contributed by atoms with E-state index in [2.05, 4.69) is 30.5 Å². The molecule has 1 amide bonds. The molecule has 0 aliphatic carbocycles. The van der Waals surface area contributed by atoms with Gasteiger partial charge in [-0.05, 0) is 37.1 Å². The highest BCUT2D eigenvalue weighted by Gasteiger charge is 2.22. The van der Waals surface area contributed by atoms with E-state index in [1.807, 2.05) is 12.1 Å². The van der Waals surface area contributed by atoms with Crippen molar-refractivity contribution in [1.82, 2.24) is 5.32 Å². The van der Waals surface area contributed by atoms with Crippen molar-refractivity contribution >= 4 is 11.6 Å². The lowest BCUT2D eigenvalue weighted by Crippen LogP contribution is -2.20. The first-order valence-electron chi connectivity index (χ1n) is 5.87. The van der Waals surface area contributed by atoms with Gasteiger partial charge >= 0.3 is 0 Å². The Morgan fingerprint density at radius 2 is 2.31 bits per heavy atom. The van der Waals surface area contributed by atoms with Crippen molar-refractivity contribution in [1.29, 1.82) is 0 Å². The molecule has 1 aromatic carbocycles. The predicted octanol–water partition coefficient (Wildman–Crippen LogP) is 2.24. The minimum atomic E-state index is 0.102. The van der Waals surface area contributed by atoms with Crippen LogP contribution >= 0.6 is 0 Å². The molecule has 0 radical (unpaired) electrons. The summed E-state index contributed by atoms with van der Waals surface area (Å²) in [5, 5.41) is 6.34. The summed E-state index contributed by atoms with van der Waals surface area (Å²) >= 11 is 0. The van der Waals surface area contributed by atoms with Crippen LogP contribution in [0.3, 0.4) is 0 Å². The van der Waals surface area contributed by atoms with E-state index < -0.39 is 0 Å². The molecule has 1 aliphatic heterocycles. The Morgan fingerprint density at radius 3 is 3.06 bits per heavy atom. The Morgan fingerprint density at radius 1 is 1.50 bits per heavy atom. The summed E-state index contributed by atoms with van der Waals surface area (Å²) in [6, 6.07) is 6.38. The molecule has 0 fully saturated rings. The van der Waals surface area contributed by atoms with Crippen LogP contribution in [0.4, 0.5) is 5.69 Å². The first-order chi connectivity index (χ1) is 7.72. The van der Waals surface area contributed by atoms with E-state index in [0.29, 0.717) is 12.5 Å². The molecule has 3 heteroatoms. The van der Waals surface area contributed by atoms with Gasteiger partial charge in [0, 0.05) is 11.7 Å². The third kappa shape index (κ3) is 2.09. The molecule has 1 atom stereocenters. The second-order valence-corrected chi connectivity index (χ2v) is 4.27. The van der Waals surface area contributed by atoms with Crippen LogP contribution in [0.5, 0.6) is 0 Å². The van der Waals surface area contributed by atoms with Gasteiger partial charge in [0.15, 0.2) is 0 Å². The Hall–Kier alpha value is -1.35. The molecule has 1 unspecified atom stereocenters. The lowest BCUT2D eigenvalue weighted by atomic mass is 9.99. The van der Waals surface area contributed by atoms with E-state index >= 15 is 0 Å². The summed E-state index contributed by atoms with van der Waals surface area (Å²) in [6.07, 6.45) is 1.64. The van der Waals surface area contributed by atoms with Crippen LogP contribution in [0.1, 0.15) is 37.4 Å². The third-order valence-corrected chi connectivity index (χ3v) is 2.99. The summed E-state index contributed by atoms with van der Waals surface area (Å²) in [6.45, 7) is 5.31. The summed E-state index contributed by atoms with van der Waals surface area (Å²) in [4.78, 5) is 11.4. The van der Waals surface area contributed by atoms with Crippen LogP contribution in [0.25, 0.3) is 0 Å². The minimum absolute atomic E-state index is 0.102. The van der Waals surface area contributed by atoms with Crippen molar-refractivity contribution in [2.45, 2.75) is 32.7 Å². The summed E-state index contributed by atoms with van der Waals surface area (Å²) in [7, 11) is 0. The summed E-state index contributed by atoms with van der Waals surface area (Å²) in [5.41, 5.74) is 3.38. The minimum Gasteiger partial charge on any atom is -0.326 e. The van der Waals surface area contributed by atoms with Crippen molar-refractivity contribution in [2.24, 2.45) is 0 Å². The molecular weight excluding hydrogens is 200 g/mol. The van der Waals surface area contributed by atoms with Gasteiger partial charge in [0.2, 0.25) is 5.91 Å². The Bertz CT molecular complexity index is 401. The van der Waals surface area contributed by atoms with Gasteiger partial charge in [0.1, 0.15) is 0 Å². The monoisotopic (exact) mass is 218 g/mol. The highest BCUT2D eigenvalue weighted by Crippen LogP contribution is 2.29. The number of fused-ring (bicyclic) bond motifs is 1. The zero-order chi connectivity index (χ0) is 11.5. The van der Waals surface area contributed by atoms with Gasteiger partial charge in [0.05, 0.1) is 6.42 Å². The average molecular weight is 218 g/mol. The van der Waals surface area contributed by atoms with Gasteiger partial charge in [-0.3, -0.25) is 4.79 Å². The third-order valence-electron chi connectivity index (χ3n) is 2.99. The number of anilines is 1. The van der Waals surface area contributed by atoms with Gasteiger partial charge in [-0.1, -0.05) is 19.1 Å². The molecule has 2 N–H and O–H groups in total. The maximum Gasteiger partial charge on any atom is 0.228 e. The number of carbonyl (C=O) groups excluding carboxylic acids is 1. The largest absolute Gasteiger partial charge is 0.326 e. The molecule has 3 nitrogen and oxygen atoms in total. The molecule has 0 aromatic heterocycles. The highest BCUT2D eigenvalue weighted by molar-refractivity contribution is 5.99. The molecule has 1 heterocycles. The maximum atomic E-state index is 11.4. The molecule has 2 rings (SSSR count). The van der Waals surface area contributed by atoms with Crippen LogP contribution in [0, 0.1) is 0 Å². The van der Waals surface area contributed by atoms with Crippen molar-refractivity contribution in [2.75, 3.05) is 11.9 Å². The number of rotatable bonds is 4. The first kappa shape index (κ1) is 11.1. The Kier molecular flexibility index (Phi) is 3.25. The number of nitrogens with one attached hydrogen (secondary N) is 2. The molecule has 1 aromatic rings. The van der Waals surface area contributed by atoms with Crippen molar-refractivity contribution in [3.63, 3.8) is 0 Å². The van der Waals surface area contributed by atoms with Crippen LogP contribution in [-0.4, -0.2) is 12.5 Å². The van der Waals surface area contributed by atoms with Gasteiger partial charge in [0.25, 0.3) is 0 Å². The Labute approximate surface area is 96.2 Å². The molecule has 16 heavy (non-hydrogen) atoms. The molecule has 0 spiro atoms. The van der Waals surface area contributed by atoms with Gasteiger partial charge in [-0.25, -0.2) is 0 Å². The maximum absolute atomic E-state index is 11.4. The summed E-state index contributed by atoms with van der Waals surface area (Å²) in [5.74, 6) is 0.102. The molecule has 0 saturated carbocycles. The van der Waals surface area contributed by atoms with Gasteiger partial charge < -0.3 is 10.6 Å². The lowest BCUT2D eigenvalue weighted by Gasteiger charge is -2.16. The lowest BCUT2D eigenvalue weighted by molar-refractivity contribution is -0.115. The van der Waals surface area contributed by atoms with Crippen LogP contribution in [0.15, 0.2) is 18.2 Å². The standard InChI is InChI=1S/C13H18N2O/c1-3-7-14-9(2)10-5-4-6-12-11(10)8-13(16)15-12/h4-6,9,14H,3,7-8H2,1-2H3,(H,15,16). The van der Waals surface area contributed by atoms with E-state index in [0.717, 1.165) is 24.2 Å². The fourth-order valence-corrected chi connectivity index (χ4v) is 2.15. The van der Waals surface area contributed by atoms with Crippen LogP contribution < -0.4 is 10.6 Å². The van der Waals surface area contributed by atoms with Crippen molar-refractivity contribution < 1.29 is 4.79 Å². The van der Waals surface area contributed by atoms with Gasteiger partial charge in [-0.2, -0.15) is 0 Å². The zero-order valence-corrected chi connectivity index (χ0v) is 9.84. The molecule has 1 aliphatic rings. The summed E-state index contributed by atoms with van der Waals surface area (Å²) < 4.78 is 0. The van der Waals surface area contributed by atoms with E-state index in [1.54, 1.807) is 0 Å². The van der Waals surface area contributed by atoms with Crippen LogP contribution in [0.2, 0.25) is 0 Å². The molecular formula is C13H18N2O. The molecule has 0 saturated heterocycles. The van der Waals surface area contributed by atoms with E-state index in [-0.39, 0.29) is 5.91 Å². The SMILES string of the molecule is CCCNC(C)c1cccc2c1CC(=O)N2. The topological polar surface area (TPSA) is 41.1 Å². The second-order valence-electron chi connectivity index (χ2n) is 4.27. The van der Waals surface area contributed by atoms with E-state index in [4.69, 9.17) is 0 Å². The second kappa shape index (κ2) is 4.66. The van der Waals surface area contributed by atoms with E-state index in [1.165, 1.54) is 5.56 Å². The first-order valence-corrected chi connectivity index (χ1v) is 5.87. The zero-order valence-electron chi connectivity index (χ0n) is 9.84. The number of carbonyl (C=O) groups is 1. The quantitative estimate of drug-likeness (QED) is 0.813. The number of amides is 1. The number of benzene rings is 1. The van der Waals surface area contributed by atoms with Crippen molar-refractivity contribution in [3.05, 3.63) is 29.3 Å². The number of hydrogen-bond acceptors (Lipinski definition) is 2. The average Bonchev–Trinajstić information content (AvgIpc) is 2.65. The Balaban J connectivity index is 2.22. The normalized spacial score (nSPS) is 15.8. The smallest absolute Gasteiger partial charge is 0.228 e. The van der Waals surface area contributed by atoms with E-state index in [9.17, 15) is 4.79 Å². The highest BCUT2D eigenvalue weighted by atomic mass is 16.1. The van der Waals surface area contributed by atoms with Crippen LogP contribution in [-0.2, 0) is 11.2 Å². The fourth-order valence-electron chi connectivity index (χ4n) is 2.15. The number of hydrogen-bond donors (Lipinski definition) is 2. The molecule has 0 bridgehead atoms. The van der Waals surface area contributed by atoms with Crippen molar-refractivity contribution in [3.8, 4) is 0 Å². The fraction of sp³-hybridized carbons (Fsp3) is 0.462. The van der Waals surface area contributed by atoms with Gasteiger partial charge in [-0.15, -0.1) is 0 Å².